The Kier molecular flexibility index (Phi) is 3.24. The van der Waals surface area contributed by atoms with Crippen LogP contribution in [0.2, 0.25) is 0 Å². The van der Waals surface area contributed by atoms with Crippen LogP contribution >= 0.6 is 0 Å². The molecule has 0 aliphatic heterocycles. The van der Waals surface area contributed by atoms with Crippen LogP contribution in [-0.2, 0) is 0 Å². The molecule has 3 heteroatoms. The molecule has 0 atom stereocenters. The first-order chi connectivity index (χ1) is 8.22. The van der Waals surface area contributed by atoms with Crippen LogP contribution in [0.3, 0.4) is 0 Å². The van der Waals surface area contributed by atoms with Crippen molar-refractivity contribution in [3.05, 3.63) is 36.0 Å². The maximum absolute atomic E-state index is 8.64. The van der Waals surface area contributed by atoms with Crippen molar-refractivity contribution in [2.24, 2.45) is 0 Å². The van der Waals surface area contributed by atoms with Crippen molar-refractivity contribution in [3.8, 4) is 6.07 Å². The number of para-hydroxylation sites is 1. The molecule has 0 unspecified atom stereocenters. The fourth-order valence-corrected chi connectivity index (χ4v) is 1.94. The predicted molar refractivity (Wildman–Crippen MR) is 70.0 cm³/mol. The van der Waals surface area contributed by atoms with Crippen molar-refractivity contribution >= 4 is 16.6 Å². The highest BCUT2D eigenvalue weighted by Gasteiger charge is 2.07. The Morgan fingerprint density at radius 1 is 1.35 bits per heavy atom. The molecule has 0 N–H and O–H groups in total. The number of benzene rings is 1. The van der Waals surface area contributed by atoms with E-state index < -0.39 is 0 Å². The molecule has 2 aromatic rings. The SMILES string of the molecule is Cc1cc(N(C)CCC#N)c2ccccc2n1. The number of nitrogens with zero attached hydrogens (tertiary/aromatic N) is 3. The summed E-state index contributed by atoms with van der Waals surface area (Å²) in [6, 6.07) is 12.3. The van der Waals surface area contributed by atoms with Gasteiger partial charge in [-0.05, 0) is 19.1 Å². The Morgan fingerprint density at radius 2 is 2.12 bits per heavy atom. The van der Waals surface area contributed by atoms with E-state index in [0.29, 0.717) is 6.42 Å². The summed E-state index contributed by atoms with van der Waals surface area (Å²) in [6.07, 6.45) is 0.534. The van der Waals surface area contributed by atoms with Gasteiger partial charge in [0, 0.05) is 30.4 Å². The Labute approximate surface area is 101 Å². The van der Waals surface area contributed by atoms with Gasteiger partial charge >= 0.3 is 0 Å². The molecule has 0 saturated carbocycles. The van der Waals surface area contributed by atoms with Crippen LogP contribution in [0.25, 0.3) is 10.9 Å². The molecule has 0 bridgehead atoms. The fraction of sp³-hybridized carbons (Fsp3) is 0.286. The zero-order valence-electron chi connectivity index (χ0n) is 10.1. The van der Waals surface area contributed by atoms with Gasteiger partial charge in [0.1, 0.15) is 0 Å². The number of aromatic nitrogens is 1. The number of pyridine rings is 1. The molecule has 0 radical (unpaired) electrons. The number of hydrogen-bond acceptors (Lipinski definition) is 3. The van der Waals surface area contributed by atoms with Gasteiger partial charge in [-0.3, -0.25) is 4.98 Å². The Hall–Kier alpha value is -2.08. The molecular weight excluding hydrogens is 210 g/mol. The van der Waals surface area contributed by atoms with Crippen LogP contribution in [0.4, 0.5) is 5.69 Å². The quantitative estimate of drug-likeness (QED) is 0.806. The minimum absolute atomic E-state index is 0.534. The van der Waals surface area contributed by atoms with Crippen molar-refractivity contribution in [1.82, 2.24) is 4.98 Å². The van der Waals surface area contributed by atoms with Crippen LogP contribution in [0.5, 0.6) is 0 Å². The molecule has 0 aliphatic carbocycles. The molecule has 1 aromatic heterocycles. The van der Waals surface area contributed by atoms with Gasteiger partial charge in [0.2, 0.25) is 0 Å². The van der Waals surface area contributed by atoms with Crippen molar-refractivity contribution in [3.63, 3.8) is 0 Å². The molecule has 3 nitrogen and oxygen atoms in total. The summed E-state index contributed by atoms with van der Waals surface area (Å²) in [4.78, 5) is 6.62. The van der Waals surface area contributed by atoms with Gasteiger partial charge in [-0.1, -0.05) is 18.2 Å². The lowest BCUT2D eigenvalue weighted by atomic mass is 10.1. The molecule has 1 heterocycles. The van der Waals surface area contributed by atoms with E-state index in [1.165, 1.54) is 0 Å². The molecule has 0 fully saturated rings. The van der Waals surface area contributed by atoms with E-state index in [0.717, 1.165) is 28.8 Å². The van der Waals surface area contributed by atoms with Crippen molar-refractivity contribution in [2.75, 3.05) is 18.5 Å². The highest BCUT2D eigenvalue weighted by atomic mass is 15.1. The monoisotopic (exact) mass is 225 g/mol. The Bertz CT molecular complexity index is 569. The maximum Gasteiger partial charge on any atom is 0.0726 e. The number of hydrogen-bond donors (Lipinski definition) is 0. The van der Waals surface area contributed by atoms with E-state index >= 15 is 0 Å². The standard InChI is InChI=1S/C14H15N3/c1-11-10-14(17(2)9-5-8-15)12-6-3-4-7-13(12)16-11/h3-4,6-7,10H,5,9H2,1-2H3. The number of nitriles is 1. The predicted octanol–water partition coefficient (Wildman–Crippen LogP) is 2.89. The number of aryl methyl sites for hydroxylation is 1. The smallest absolute Gasteiger partial charge is 0.0726 e. The maximum atomic E-state index is 8.64. The molecule has 0 spiro atoms. The van der Waals surface area contributed by atoms with E-state index in [4.69, 9.17) is 5.26 Å². The average Bonchev–Trinajstić information content (AvgIpc) is 2.34. The van der Waals surface area contributed by atoms with Gasteiger partial charge < -0.3 is 4.90 Å². The second kappa shape index (κ2) is 4.84. The van der Waals surface area contributed by atoms with Gasteiger partial charge in [-0.25, -0.2) is 0 Å². The van der Waals surface area contributed by atoms with Crippen LogP contribution < -0.4 is 4.90 Å². The topological polar surface area (TPSA) is 39.9 Å². The number of rotatable bonds is 3. The largest absolute Gasteiger partial charge is 0.373 e. The second-order valence-electron chi connectivity index (χ2n) is 4.13. The first-order valence-electron chi connectivity index (χ1n) is 5.67. The lowest BCUT2D eigenvalue weighted by Gasteiger charge is -2.20. The lowest BCUT2D eigenvalue weighted by molar-refractivity contribution is 0.907. The first kappa shape index (κ1) is 11.4. The molecule has 2 rings (SSSR count). The zero-order valence-corrected chi connectivity index (χ0v) is 10.1. The van der Waals surface area contributed by atoms with Gasteiger partial charge in [-0.15, -0.1) is 0 Å². The molecule has 86 valence electrons. The minimum atomic E-state index is 0.534. The van der Waals surface area contributed by atoms with Crippen molar-refractivity contribution in [2.45, 2.75) is 13.3 Å². The molecular formula is C14H15N3. The number of fused-ring (bicyclic) bond motifs is 1. The molecule has 0 amide bonds. The summed E-state index contributed by atoms with van der Waals surface area (Å²) in [5.41, 5.74) is 3.15. The summed E-state index contributed by atoms with van der Waals surface area (Å²) in [7, 11) is 2.01. The second-order valence-corrected chi connectivity index (χ2v) is 4.13. The fourth-order valence-electron chi connectivity index (χ4n) is 1.94. The van der Waals surface area contributed by atoms with Gasteiger partial charge in [0.05, 0.1) is 18.0 Å². The number of anilines is 1. The summed E-state index contributed by atoms with van der Waals surface area (Å²) in [5, 5.41) is 9.78. The molecule has 0 saturated heterocycles. The van der Waals surface area contributed by atoms with Crippen molar-refractivity contribution in [1.29, 1.82) is 5.26 Å². The van der Waals surface area contributed by atoms with Crippen LogP contribution in [0.1, 0.15) is 12.1 Å². The molecule has 17 heavy (non-hydrogen) atoms. The molecule has 0 aliphatic rings. The van der Waals surface area contributed by atoms with Gasteiger partial charge in [0.15, 0.2) is 0 Å². The normalized spacial score (nSPS) is 10.2. The van der Waals surface area contributed by atoms with Crippen LogP contribution in [0, 0.1) is 18.3 Å². The summed E-state index contributed by atoms with van der Waals surface area (Å²) in [5.74, 6) is 0. The third kappa shape index (κ3) is 2.36. The Balaban J connectivity index is 2.48. The third-order valence-electron chi connectivity index (χ3n) is 2.79. The van der Waals surface area contributed by atoms with E-state index in [9.17, 15) is 0 Å². The van der Waals surface area contributed by atoms with Crippen LogP contribution in [-0.4, -0.2) is 18.6 Å². The Morgan fingerprint density at radius 3 is 2.88 bits per heavy atom. The highest BCUT2D eigenvalue weighted by Crippen LogP contribution is 2.25. The molecule has 1 aromatic carbocycles. The van der Waals surface area contributed by atoms with Crippen molar-refractivity contribution < 1.29 is 0 Å². The van der Waals surface area contributed by atoms with E-state index in [1.54, 1.807) is 0 Å². The average molecular weight is 225 g/mol. The van der Waals surface area contributed by atoms with E-state index in [-0.39, 0.29) is 0 Å². The summed E-state index contributed by atoms with van der Waals surface area (Å²) >= 11 is 0. The lowest BCUT2D eigenvalue weighted by Crippen LogP contribution is -2.18. The minimum Gasteiger partial charge on any atom is -0.373 e. The van der Waals surface area contributed by atoms with Gasteiger partial charge in [0.25, 0.3) is 0 Å². The summed E-state index contributed by atoms with van der Waals surface area (Å²) < 4.78 is 0. The zero-order chi connectivity index (χ0) is 12.3. The first-order valence-corrected chi connectivity index (χ1v) is 5.67. The van der Waals surface area contributed by atoms with E-state index in [2.05, 4.69) is 28.1 Å². The van der Waals surface area contributed by atoms with Gasteiger partial charge in [-0.2, -0.15) is 5.26 Å². The third-order valence-corrected chi connectivity index (χ3v) is 2.79. The van der Waals surface area contributed by atoms with Crippen LogP contribution in [0.15, 0.2) is 30.3 Å². The van der Waals surface area contributed by atoms with E-state index in [1.807, 2.05) is 32.2 Å². The highest BCUT2D eigenvalue weighted by molar-refractivity contribution is 5.91. The summed E-state index contributed by atoms with van der Waals surface area (Å²) in [6.45, 7) is 2.73.